The Balaban J connectivity index is 1.81. The van der Waals surface area contributed by atoms with Crippen LogP contribution in [-0.2, 0) is 10.0 Å². The van der Waals surface area contributed by atoms with Crippen LogP contribution < -0.4 is 14.8 Å². The van der Waals surface area contributed by atoms with Gasteiger partial charge in [0, 0.05) is 23.6 Å². The van der Waals surface area contributed by atoms with Crippen LogP contribution in [-0.4, -0.2) is 27.0 Å². The highest BCUT2D eigenvalue weighted by Gasteiger charge is 2.24. The smallest absolute Gasteiger partial charge is 0.251 e. The second-order valence-corrected chi connectivity index (χ2v) is 8.22. The van der Waals surface area contributed by atoms with Crippen LogP contribution in [0, 0.1) is 0 Å². The maximum Gasteiger partial charge on any atom is 0.251 e. The molecular formula is C19H22N2O4S. The minimum atomic E-state index is -3.65. The first-order valence-corrected chi connectivity index (χ1v) is 10.00. The molecule has 0 aromatic heterocycles. The van der Waals surface area contributed by atoms with E-state index in [0.29, 0.717) is 18.6 Å². The molecule has 3 rings (SSSR count). The second kappa shape index (κ2) is 7.47. The van der Waals surface area contributed by atoms with E-state index < -0.39 is 10.0 Å². The van der Waals surface area contributed by atoms with Crippen molar-refractivity contribution in [1.82, 2.24) is 10.0 Å². The van der Waals surface area contributed by atoms with Crippen molar-refractivity contribution >= 4 is 15.9 Å². The van der Waals surface area contributed by atoms with E-state index in [9.17, 15) is 13.2 Å². The maximum absolute atomic E-state index is 12.7. The van der Waals surface area contributed by atoms with E-state index >= 15 is 0 Å². The standard InChI is InChI=1S/C19H22N2O4S/c1-13(2)21-26(23,24)15-7-5-6-14(12-15)19(22)20-17-10-11-25-18-9-4-3-8-16(17)18/h3-9,12-13,17,21H,10-11H2,1-2H3,(H,20,22). The predicted octanol–water partition coefficient (Wildman–Crippen LogP) is 2.63. The molecule has 0 saturated carbocycles. The van der Waals surface area contributed by atoms with E-state index in [2.05, 4.69) is 10.0 Å². The molecule has 6 nitrogen and oxygen atoms in total. The molecule has 2 aromatic carbocycles. The summed E-state index contributed by atoms with van der Waals surface area (Å²) in [6, 6.07) is 13.2. The number of amides is 1. The van der Waals surface area contributed by atoms with E-state index in [0.717, 1.165) is 11.3 Å². The number of carbonyl (C=O) groups excluding carboxylic acids is 1. The zero-order chi connectivity index (χ0) is 18.7. The first-order valence-electron chi connectivity index (χ1n) is 8.52. The SMILES string of the molecule is CC(C)NS(=O)(=O)c1cccc(C(=O)NC2CCOc3ccccc32)c1. The zero-order valence-electron chi connectivity index (χ0n) is 14.7. The van der Waals surface area contributed by atoms with Gasteiger partial charge in [-0.25, -0.2) is 13.1 Å². The third-order valence-corrected chi connectivity index (χ3v) is 5.72. The number of nitrogens with one attached hydrogen (secondary N) is 2. The van der Waals surface area contributed by atoms with E-state index in [-0.39, 0.29) is 22.9 Å². The van der Waals surface area contributed by atoms with Gasteiger partial charge < -0.3 is 10.1 Å². The largest absolute Gasteiger partial charge is 0.493 e. The number of hydrogen-bond donors (Lipinski definition) is 2. The molecule has 2 N–H and O–H groups in total. The molecule has 1 unspecified atom stereocenters. The van der Waals surface area contributed by atoms with Crippen molar-refractivity contribution < 1.29 is 17.9 Å². The number of rotatable bonds is 5. The number of ether oxygens (including phenoxy) is 1. The first-order chi connectivity index (χ1) is 12.4. The summed E-state index contributed by atoms with van der Waals surface area (Å²) >= 11 is 0. The van der Waals surface area contributed by atoms with Crippen LogP contribution in [0.3, 0.4) is 0 Å². The first kappa shape index (κ1) is 18.4. The highest BCUT2D eigenvalue weighted by atomic mass is 32.2. The summed E-state index contributed by atoms with van der Waals surface area (Å²) in [7, 11) is -3.65. The monoisotopic (exact) mass is 374 g/mol. The summed E-state index contributed by atoms with van der Waals surface area (Å²) in [4.78, 5) is 12.7. The number of fused-ring (bicyclic) bond motifs is 1. The Kier molecular flexibility index (Phi) is 5.29. The fourth-order valence-electron chi connectivity index (χ4n) is 2.92. The van der Waals surface area contributed by atoms with Crippen molar-refractivity contribution in [2.24, 2.45) is 0 Å². The van der Waals surface area contributed by atoms with Gasteiger partial charge in [0.15, 0.2) is 0 Å². The number of carbonyl (C=O) groups is 1. The van der Waals surface area contributed by atoms with Crippen LogP contribution in [0.2, 0.25) is 0 Å². The van der Waals surface area contributed by atoms with E-state index in [1.165, 1.54) is 12.1 Å². The summed E-state index contributed by atoms with van der Waals surface area (Å²) < 4.78 is 32.7. The summed E-state index contributed by atoms with van der Waals surface area (Å²) in [5.74, 6) is 0.454. The van der Waals surface area contributed by atoms with Crippen molar-refractivity contribution in [3.8, 4) is 5.75 Å². The van der Waals surface area contributed by atoms with Gasteiger partial charge >= 0.3 is 0 Å². The maximum atomic E-state index is 12.7. The molecule has 1 aliphatic rings. The number of benzene rings is 2. The molecule has 26 heavy (non-hydrogen) atoms. The Bertz CT molecular complexity index is 909. The average molecular weight is 374 g/mol. The molecule has 0 aliphatic carbocycles. The summed E-state index contributed by atoms with van der Waals surface area (Å²) in [5.41, 5.74) is 1.23. The molecule has 1 amide bonds. The molecule has 7 heteroatoms. The molecule has 1 heterocycles. The molecule has 0 spiro atoms. The Hall–Kier alpha value is -2.38. The minimum Gasteiger partial charge on any atom is -0.493 e. The molecule has 0 radical (unpaired) electrons. The van der Waals surface area contributed by atoms with E-state index in [4.69, 9.17) is 4.74 Å². The van der Waals surface area contributed by atoms with Gasteiger partial charge in [0.25, 0.3) is 5.91 Å². The predicted molar refractivity (Wildman–Crippen MR) is 98.7 cm³/mol. The van der Waals surface area contributed by atoms with Gasteiger partial charge in [-0.05, 0) is 38.1 Å². The highest BCUT2D eigenvalue weighted by Crippen LogP contribution is 2.31. The van der Waals surface area contributed by atoms with Crippen molar-refractivity contribution in [3.05, 3.63) is 59.7 Å². The Morgan fingerprint density at radius 3 is 2.69 bits per heavy atom. The van der Waals surface area contributed by atoms with Gasteiger partial charge in [0.2, 0.25) is 10.0 Å². The molecule has 0 saturated heterocycles. The Morgan fingerprint density at radius 2 is 1.92 bits per heavy atom. The van der Waals surface area contributed by atoms with Gasteiger partial charge in [-0.15, -0.1) is 0 Å². The van der Waals surface area contributed by atoms with Crippen LogP contribution in [0.25, 0.3) is 0 Å². The lowest BCUT2D eigenvalue weighted by Gasteiger charge is -2.26. The summed E-state index contributed by atoms with van der Waals surface area (Å²) in [6.45, 7) is 4.02. The molecule has 2 aromatic rings. The Morgan fingerprint density at radius 1 is 1.15 bits per heavy atom. The van der Waals surface area contributed by atoms with Gasteiger partial charge in [-0.2, -0.15) is 0 Å². The molecule has 138 valence electrons. The fraction of sp³-hybridized carbons (Fsp3) is 0.316. The normalized spacial score (nSPS) is 16.7. The summed E-state index contributed by atoms with van der Waals surface area (Å²) in [5, 5.41) is 2.98. The lowest BCUT2D eigenvalue weighted by molar-refractivity contribution is 0.0924. The van der Waals surface area contributed by atoms with Gasteiger partial charge in [0.1, 0.15) is 5.75 Å². The van der Waals surface area contributed by atoms with E-state index in [1.807, 2.05) is 24.3 Å². The number of sulfonamides is 1. The Labute approximate surface area is 153 Å². The third kappa shape index (κ3) is 4.05. The third-order valence-electron chi connectivity index (χ3n) is 4.06. The molecular weight excluding hydrogens is 352 g/mol. The number of hydrogen-bond acceptors (Lipinski definition) is 4. The van der Waals surface area contributed by atoms with E-state index in [1.54, 1.807) is 26.0 Å². The van der Waals surface area contributed by atoms with Gasteiger partial charge in [-0.3, -0.25) is 4.79 Å². The van der Waals surface area contributed by atoms with Crippen LogP contribution in [0.15, 0.2) is 53.4 Å². The molecule has 0 fully saturated rings. The van der Waals surface area contributed by atoms with Gasteiger partial charge in [0.05, 0.1) is 17.5 Å². The molecule has 1 aliphatic heterocycles. The van der Waals surface area contributed by atoms with Crippen LogP contribution in [0.4, 0.5) is 0 Å². The van der Waals surface area contributed by atoms with Gasteiger partial charge in [-0.1, -0.05) is 24.3 Å². The zero-order valence-corrected chi connectivity index (χ0v) is 15.5. The van der Waals surface area contributed by atoms with Crippen molar-refractivity contribution in [2.45, 2.75) is 37.2 Å². The topological polar surface area (TPSA) is 84.5 Å². The number of para-hydroxylation sites is 1. The van der Waals surface area contributed by atoms with Crippen LogP contribution in [0.5, 0.6) is 5.75 Å². The quantitative estimate of drug-likeness (QED) is 0.843. The minimum absolute atomic E-state index is 0.0752. The fourth-order valence-corrected chi connectivity index (χ4v) is 4.21. The lowest BCUT2D eigenvalue weighted by Crippen LogP contribution is -2.33. The van der Waals surface area contributed by atoms with Crippen molar-refractivity contribution in [2.75, 3.05) is 6.61 Å². The molecule has 0 bridgehead atoms. The summed E-state index contributed by atoms with van der Waals surface area (Å²) in [6.07, 6.45) is 0.662. The highest BCUT2D eigenvalue weighted by molar-refractivity contribution is 7.89. The molecule has 1 atom stereocenters. The lowest BCUT2D eigenvalue weighted by atomic mass is 10.00. The second-order valence-electron chi connectivity index (χ2n) is 6.50. The average Bonchev–Trinajstić information content (AvgIpc) is 2.61. The van der Waals surface area contributed by atoms with Crippen LogP contribution >= 0.6 is 0 Å². The van der Waals surface area contributed by atoms with Crippen LogP contribution in [0.1, 0.15) is 42.2 Å². The van der Waals surface area contributed by atoms with Crippen molar-refractivity contribution in [1.29, 1.82) is 0 Å². The van der Waals surface area contributed by atoms with Crippen molar-refractivity contribution in [3.63, 3.8) is 0 Å².